The number of benzene rings is 2. The van der Waals surface area contributed by atoms with Gasteiger partial charge in [-0.05, 0) is 62.4 Å². The Labute approximate surface area is 150 Å². The Morgan fingerprint density at radius 3 is 2.48 bits per heavy atom. The molecular formula is C22H27NO2. The lowest BCUT2D eigenvalue weighted by atomic mass is 9.87. The van der Waals surface area contributed by atoms with E-state index in [1.807, 2.05) is 6.07 Å². The Bertz CT molecular complexity index is 768. The molecule has 2 aromatic carbocycles. The Morgan fingerprint density at radius 2 is 1.76 bits per heavy atom. The minimum absolute atomic E-state index is 0.0116. The van der Waals surface area contributed by atoms with E-state index in [2.05, 4.69) is 62.1 Å². The number of likely N-dealkylation sites (tertiary alicyclic amines) is 1. The number of nitrogens with zero attached hydrogens (tertiary/aromatic N) is 1. The zero-order chi connectivity index (χ0) is 18.0. The second-order valence-electron chi connectivity index (χ2n) is 7.21. The van der Waals surface area contributed by atoms with E-state index >= 15 is 0 Å². The molecule has 1 aliphatic heterocycles. The summed E-state index contributed by atoms with van der Waals surface area (Å²) in [7, 11) is 0. The van der Waals surface area contributed by atoms with Gasteiger partial charge in [0, 0.05) is 0 Å². The SMILES string of the molecule is Cc1ccc(C)c(C(c2ccccc2C)N2CCCCC2C(=O)O)c1. The number of hydrogen-bond donors (Lipinski definition) is 1. The van der Waals surface area contributed by atoms with Crippen molar-refractivity contribution in [3.63, 3.8) is 0 Å². The molecule has 132 valence electrons. The second kappa shape index (κ2) is 7.40. The van der Waals surface area contributed by atoms with Crippen LogP contribution in [0.1, 0.15) is 53.1 Å². The van der Waals surface area contributed by atoms with E-state index < -0.39 is 12.0 Å². The van der Waals surface area contributed by atoms with Crippen molar-refractivity contribution in [2.24, 2.45) is 0 Å². The van der Waals surface area contributed by atoms with Crippen LogP contribution in [-0.4, -0.2) is 28.6 Å². The van der Waals surface area contributed by atoms with Gasteiger partial charge in [-0.15, -0.1) is 0 Å². The fraction of sp³-hybridized carbons (Fsp3) is 0.409. The van der Waals surface area contributed by atoms with E-state index in [1.54, 1.807) is 0 Å². The number of carboxylic acids is 1. The molecule has 0 saturated carbocycles. The van der Waals surface area contributed by atoms with E-state index in [9.17, 15) is 9.90 Å². The lowest BCUT2D eigenvalue weighted by Gasteiger charge is -2.40. The summed E-state index contributed by atoms with van der Waals surface area (Å²) in [6.45, 7) is 7.17. The van der Waals surface area contributed by atoms with Crippen molar-refractivity contribution in [2.75, 3.05) is 6.54 Å². The first-order valence-corrected chi connectivity index (χ1v) is 9.10. The fourth-order valence-electron chi connectivity index (χ4n) is 4.00. The summed E-state index contributed by atoms with van der Waals surface area (Å²) in [4.78, 5) is 14.1. The van der Waals surface area contributed by atoms with Gasteiger partial charge in [-0.3, -0.25) is 9.69 Å². The average Bonchev–Trinajstić information content (AvgIpc) is 2.60. The third-order valence-corrected chi connectivity index (χ3v) is 5.37. The van der Waals surface area contributed by atoms with Crippen molar-refractivity contribution in [3.8, 4) is 0 Å². The highest BCUT2D eigenvalue weighted by molar-refractivity contribution is 5.73. The van der Waals surface area contributed by atoms with Gasteiger partial charge in [0.1, 0.15) is 6.04 Å². The van der Waals surface area contributed by atoms with Crippen LogP contribution < -0.4 is 0 Å². The zero-order valence-electron chi connectivity index (χ0n) is 15.3. The number of carbonyl (C=O) groups is 1. The van der Waals surface area contributed by atoms with Gasteiger partial charge in [-0.2, -0.15) is 0 Å². The van der Waals surface area contributed by atoms with Crippen molar-refractivity contribution in [2.45, 2.75) is 52.1 Å². The molecule has 25 heavy (non-hydrogen) atoms. The molecule has 1 fully saturated rings. The number of aliphatic carboxylic acids is 1. The summed E-state index contributed by atoms with van der Waals surface area (Å²) in [5.41, 5.74) is 6.08. The van der Waals surface area contributed by atoms with E-state index in [4.69, 9.17) is 0 Å². The van der Waals surface area contributed by atoms with Crippen molar-refractivity contribution in [1.82, 2.24) is 4.90 Å². The van der Waals surface area contributed by atoms with Gasteiger partial charge in [0.05, 0.1) is 6.04 Å². The largest absolute Gasteiger partial charge is 0.480 e. The van der Waals surface area contributed by atoms with Gasteiger partial charge in [0.25, 0.3) is 0 Å². The van der Waals surface area contributed by atoms with Crippen LogP contribution in [0.25, 0.3) is 0 Å². The van der Waals surface area contributed by atoms with Gasteiger partial charge in [0.2, 0.25) is 0 Å². The van der Waals surface area contributed by atoms with Gasteiger partial charge in [0.15, 0.2) is 0 Å². The monoisotopic (exact) mass is 337 g/mol. The predicted molar refractivity (Wildman–Crippen MR) is 101 cm³/mol. The summed E-state index contributed by atoms with van der Waals surface area (Å²) < 4.78 is 0. The van der Waals surface area contributed by atoms with Crippen molar-refractivity contribution in [1.29, 1.82) is 0 Å². The minimum atomic E-state index is -0.705. The van der Waals surface area contributed by atoms with Crippen molar-refractivity contribution >= 4 is 5.97 Å². The molecule has 2 aromatic rings. The minimum Gasteiger partial charge on any atom is -0.480 e. The molecule has 2 atom stereocenters. The molecule has 3 nitrogen and oxygen atoms in total. The van der Waals surface area contributed by atoms with E-state index in [0.29, 0.717) is 0 Å². The topological polar surface area (TPSA) is 40.5 Å². The Balaban J connectivity index is 2.17. The zero-order valence-corrected chi connectivity index (χ0v) is 15.3. The van der Waals surface area contributed by atoms with Crippen LogP contribution in [0.2, 0.25) is 0 Å². The molecule has 0 aliphatic carbocycles. The maximum absolute atomic E-state index is 11.9. The van der Waals surface area contributed by atoms with Crippen LogP contribution >= 0.6 is 0 Å². The lowest BCUT2D eigenvalue weighted by molar-refractivity contribution is -0.145. The molecule has 1 N–H and O–H groups in total. The van der Waals surface area contributed by atoms with Crippen LogP contribution in [0.5, 0.6) is 0 Å². The summed E-state index contributed by atoms with van der Waals surface area (Å²) in [6.07, 6.45) is 2.76. The molecule has 0 amide bonds. The molecule has 1 heterocycles. The Kier molecular flexibility index (Phi) is 5.24. The van der Waals surface area contributed by atoms with Gasteiger partial charge < -0.3 is 5.11 Å². The highest BCUT2D eigenvalue weighted by atomic mass is 16.4. The van der Waals surface area contributed by atoms with Crippen molar-refractivity contribution in [3.05, 3.63) is 70.3 Å². The predicted octanol–water partition coefficient (Wildman–Crippen LogP) is 4.64. The Morgan fingerprint density at radius 1 is 1.04 bits per heavy atom. The fourth-order valence-corrected chi connectivity index (χ4v) is 4.00. The third-order valence-electron chi connectivity index (χ3n) is 5.37. The Hall–Kier alpha value is -2.13. The van der Waals surface area contributed by atoms with Crippen LogP contribution in [0.15, 0.2) is 42.5 Å². The quantitative estimate of drug-likeness (QED) is 0.883. The smallest absolute Gasteiger partial charge is 0.320 e. The lowest BCUT2D eigenvalue weighted by Crippen LogP contribution is -2.47. The molecule has 3 rings (SSSR count). The molecule has 0 radical (unpaired) electrons. The molecular weight excluding hydrogens is 310 g/mol. The second-order valence-corrected chi connectivity index (χ2v) is 7.21. The summed E-state index contributed by atoms with van der Waals surface area (Å²) in [5.74, 6) is -0.705. The number of piperidine rings is 1. The molecule has 1 saturated heterocycles. The number of carboxylic acid groups (broad SMARTS) is 1. The van der Waals surface area contributed by atoms with Crippen molar-refractivity contribution < 1.29 is 9.90 Å². The summed E-state index contributed by atoms with van der Waals surface area (Å²) in [5, 5.41) is 9.80. The first kappa shape index (κ1) is 17.7. The highest BCUT2D eigenvalue weighted by Gasteiger charge is 2.36. The first-order chi connectivity index (χ1) is 12.0. The summed E-state index contributed by atoms with van der Waals surface area (Å²) in [6, 6.07) is 14.4. The van der Waals surface area contributed by atoms with Crippen LogP contribution in [0.3, 0.4) is 0 Å². The van der Waals surface area contributed by atoms with E-state index in [-0.39, 0.29) is 6.04 Å². The summed E-state index contributed by atoms with van der Waals surface area (Å²) >= 11 is 0. The van der Waals surface area contributed by atoms with Gasteiger partial charge >= 0.3 is 5.97 Å². The molecule has 0 aromatic heterocycles. The number of rotatable bonds is 4. The van der Waals surface area contributed by atoms with Gasteiger partial charge in [-0.25, -0.2) is 0 Å². The van der Waals surface area contributed by atoms with Gasteiger partial charge in [-0.1, -0.05) is 54.4 Å². The van der Waals surface area contributed by atoms with Crippen LogP contribution in [0.4, 0.5) is 0 Å². The highest BCUT2D eigenvalue weighted by Crippen LogP contribution is 2.37. The van der Waals surface area contributed by atoms with Crippen LogP contribution in [0, 0.1) is 20.8 Å². The average molecular weight is 337 g/mol. The van der Waals surface area contributed by atoms with Crippen LogP contribution in [-0.2, 0) is 4.79 Å². The molecule has 0 bridgehead atoms. The first-order valence-electron chi connectivity index (χ1n) is 9.10. The normalized spacial score (nSPS) is 19.6. The molecule has 0 spiro atoms. The standard InChI is InChI=1S/C22H27NO2/c1-15-11-12-17(3)19(14-15)21(18-9-5-4-8-16(18)2)23-13-7-6-10-20(23)22(24)25/h4-5,8-9,11-12,14,20-21H,6-7,10,13H2,1-3H3,(H,24,25). The molecule has 3 heteroatoms. The maximum atomic E-state index is 11.9. The van der Waals surface area contributed by atoms with E-state index in [0.717, 1.165) is 25.8 Å². The molecule has 2 unspecified atom stereocenters. The maximum Gasteiger partial charge on any atom is 0.320 e. The molecule has 1 aliphatic rings. The van der Waals surface area contributed by atoms with E-state index in [1.165, 1.54) is 27.8 Å². The number of hydrogen-bond acceptors (Lipinski definition) is 2. The third kappa shape index (κ3) is 3.62. The number of aryl methyl sites for hydroxylation is 3.